The van der Waals surface area contributed by atoms with Gasteiger partial charge >= 0.3 is 0 Å². The summed E-state index contributed by atoms with van der Waals surface area (Å²) in [6.07, 6.45) is 0. The molecule has 0 radical (unpaired) electrons. The Kier molecular flexibility index (Phi) is 6.05. The maximum absolute atomic E-state index is 6.77. The molecule has 6 heteroatoms. The molecule has 0 unspecified atom stereocenters. The molecule has 0 spiro atoms. The Morgan fingerprint density at radius 1 is 0.353 bits per heavy atom. The summed E-state index contributed by atoms with van der Waals surface area (Å²) in [5, 5.41) is 6.67. The summed E-state index contributed by atoms with van der Waals surface area (Å²) >= 11 is 1.82. The van der Waals surface area contributed by atoms with E-state index in [0.717, 1.165) is 66.1 Å². The number of aromatic nitrogens is 3. The van der Waals surface area contributed by atoms with E-state index >= 15 is 0 Å². The number of furan rings is 2. The smallest absolute Gasteiger partial charge is 0.167 e. The second-order valence-electron chi connectivity index (χ2n) is 12.7. The minimum atomic E-state index is 0.529. The predicted molar refractivity (Wildman–Crippen MR) is 209 cm³/mol. The fourth-order valence-electron chi connectivity index (χ4n) is 7.48. The number of thiophene rings is 1. The SMILES string of the molecule is c1ccc(-c2nc(-c3cccc4c3oc3ccccc34)nc(-c3ccc(-c4cccc5sc6ccccc6c45)c4c3oc3ccccc34)n2)cc1. The largest absolute Gasteiger partial charge is 0.455 e. The average molecular weight is 672 g/mol. The third kappa shape index (κ3) is 4.30. The van der Waals surface area contributed by atoms with Crippen molar-refractivity contribution in [1.29, 1.82) is 0 Å². The normalized spacial score (nSPS) is 11.9. The van der Waals surface area contributed by atoms with E-state index in [9.17, 15) is 0 Å². The number of hydrogen-bond donors (Lipinski definition) is 0. The molecule has 11 rings (SSSR count). The van der Waals surface area contributed by atoms with E-state index in [1.807, 2.05) is 84.1 Å². The van der Waals surface area contributed by atoms with Crippen molar-refractivity contribution in [2.24, 2.45) is 0 Å². The van der Waals surface area contributed by atoms with Crippen molar-refractivity contribution in [3.8, 4) is 45.3 Å². The van der Waals surface area contributed by atoms with Crippen LogP contribution in [0.1, 0.15) is 0 Å². The van der Waals surface area contributed by atoms with Crippen molar-refractivity contribution in [3.05, 3.63) is 152 Å². The van der Waals surface area contributed by atoms with Gasteiger partial charge in [0.15, 0.2) is 17.5 Å². The van der Waals surface area contributed by atoms with Crippen LogP contribution in [-0.4, -0.2) is 15.0 Å². The molecule has 4 heterocycles. The third-order valence-corrected chi connectivity index (χ3v) is 10.9. The van der Waals surface area contributed by atoms with Gasteiger partial charge < -0.3 is 8.83 Å². The summed E-state index contributed by atoms with van der Waals surface area (Å²) < 4.78 is 15.7. The zero-order valence-electron chi connectivity index (χ0n) is 27.0. The quantitative estimate of drug-likeness (QED) is 0.186. The fraction of sp³-hybridized carbons (Fsp3) is 0. The first-order valence-corrected chi connectivity index (χ1v) is 17.7. The average Bonchev–Trinajstić information content (AvgIpc) is 3.89. The summed E-state index contributed by atoms with van der Waals surface area (Å²) in [6, 6.07) is 52.0. The van der Waals surface area contributed by atoms with Crippen LogP contribution in [0.3, 0.4) is 0 Å². The Labute approximate surface area is 295 Å². The van der Waals surface area contributed by atoms with Crippen LogP contribution in [0.2, 0.25) is 0 Å². The van der Waals surface area contributed by atoms with Gasteiger partial charge in [-0.3, -0.25) is 0 Å². The number of fused-ring (bicyclic) bond motifs is 9. The lowest BCUT2D eigenvalue weighted by Gasteiger charge is -2.11. The minimum Gasteiger partial charge on any atom is -0.455 e. The van der Waals surface area contributed by atoms with Crippen LogP contribution in [0, 0.1) is 0 Å². The minimum absolute atomic E-state index is 0.529. The molecule has 0 atom stereocenters. The van der Waals surface area contributed by atoms with Crippen LogP contribution in [0.25, 0.3) is 109 Å². The molecule has 11 aromatic rings. The first-order valence-electron chi connectivity index (χ1n) is 16.9. The van der Waals surface area contributed by atoms with Gasteiger partial charge in [0.1, 0.15) is 22.3 Å². The van der Waals surface area contributed by atoms with Crippen LogP contribution < -0.4 is 0 Å². The molecular formula is C45H25N3O2S. The molecule has 4 aromatic heterocycles. The number of benzene rings is 7. The van der Waals surface area contributed by atoms with E-state index < -0.39 is 0 Å². The Morgan fingerprint density at radius 3 is 1.75 bits per heavy atom. The van der Waals surface area contributed by atoms with E-state index in [0.29, 0.717) is 17.5 Å². The Balaban J connectivity index is 1.20. The molecule has 0 saturated carbocycles. The van der Waals surface area contributed by atoms with Crippen LogP contribution in [0.4, 0.5) is 0 Å². The van der Waals surface area contributed by atoms with Gasteiger partial charge in [0, 0.05) is 47.3 Å². The van der Waals surface area contributed by atoms with E-state index in [-0.39, 0.29) is 0 Å². The maximum Gasteiger partial charge on any atom is 0.167 e. The van der Waals surface area contributed by atoms with Crippen molar-refractivity contribution < 1.29 is 8.83 Å². The van der Waals surface area contributed by atoms with Crippen molar-refractivity contribution in [3.63, 3.8) is 0 Å². The van der Waals surface area contributed by atoms with Gasteiger partial charge in [-0.1, -0.05) is 115 Å². The first kappa shape index (κ1) is 28.2. The predicted octanol–water partition coefficient (Wildman–Crippen LogP) is 12.7. The number of rotatable bonds is 4. The molecule has 0 bridgehead atoms. The molecule has 5 nitrogen and oxygen atoms in total. The highest BCUT2D eigenvalue weighted by molar-refractivity contribution is 7.25. The molecule has 51 heavy (non-hydrogen) atoms. The Hall–Kier alpha value is -6.63. The van der Waals surface area contributed by atoms with Crippen LogP contribution in [0.5, 0.6) is 0 Å². The van der Waals surface area contributed by atoms with Gasteiger partial charge in [-0.25, -0.2) is 15.0 Å². The summed E-state index contributed by atoms with van der Waals surface area (Å²) in [7, 11) is 0. The lowest BCUT2D eigenvalue weighted by molar-refractivity contribution is 0.669. The number of para-hydroxylation sites is 3. The van der Waals surface area contributed by atoms with Gasteiger partial charge in [0.2, 0.25) is 0 Å². The van der Waals surface area contributed by atoms with Gasteiger partial charge in [0.25, 0.3) is 0 Å². The van der Waals surface area contributed by atoms with Crippen molar-refractivity contribution in [2.45, 2.75) is 0 Å². The first-order chi connectivity index (χ1) is 25.3. The standard InChI is InChI=1S/C45H25N3O2S/c1-2-12-26(13-3-1)43-46-44(33-19-10-18-30-27-14-4-7-20-35(27)49-41(30)33)48-45(47-43)34-25-24-29(40-31-15-5-8-21-36(31)50-42(34)40)28-17-11-23-38-39(28)32-16-6-9-22-37(32)51-38/h1-25H. The molecule has 0 saturated heterocycles. The number of hydrogen-bond acceptors (Lipinski definition) is 6. The van der Waals surface area contributed by atoms with Gasteiger partial charge in [-0.2, -0.15) is 0 Å². The Bertz CT molecular complexity index is 3160. The molecule has 7 aromatic carbocycles. The van der Waals surface area contributed by atoms with Crippen molar-refractivity contribution >= 4 is 75.4 Å². The van der Waals surface area contributed by atoms with Gasteiger partial charge in [-0.15, -0.1) is 11.3 Å². The van der Waals surface area contributed by atoms with E-state index in [2.05, 4.69) is 78.9 Å². The third-order valence-electron chi connectivity index (χ3n) is 9.77. The van der Waals surface area contributed by atoms with E-state index in [1.165, 1.54) is 25.7 Å². The van der Waals surface area contributed by atoms with Gasteiger partial charge in [0.05, 0.1) is 11.1 Å². The highest BCUT2D eigenvalue weighted by atomic mass is 32.1. The second-order valence-corrected chi connectivity index (χ2v) is 13.8. The highest BCUT2D eigenvalue weighted by Crippen LogP contribution is 2.46. The zero-order valence-corrected chi connectivity index (χ0v) is 27.8. The van der Waals surface area contributed by atoms with Crippen LogP contribution in [0.15, 0.2) is 160 Å². The molecule has 0 fully saturated rings. The lowest BCUT2D eigenvalue weighted by Crippen LogP contribution is -2.00. The molecule has 238 valence electrons. The lowest BCUT2D eigenvalue weighted by atomic mass is 9.94. The summed E-state index contributed by atoms with van der Waals surface area (Å²) in [4.78, 5) is 15.4. The van der Waals surface area contributed by atoms with E-state index in [1.54, 1.807) is 0 Å². The topological polar surface area (TPSA) is 65.0 Å². The molecule has 0 aliphatic heterocycles. The van der Waals surface area contributed by atoms with Crippen molar-refractivity contribution in [2.75, 3.05) is 0 Å². The summed E-state index contributed by atoms with van der Waals surface area (Å²) in [5.41, 5.74) is 7.90. The molecule has 0 aliphatic rings. The Morgan fingerprint density at radius 2 is 0.902 bits per heavy atom. The molecule has 0 aliphatic carbocycles. The highest BCUT2D eigenvalue weighted by Gasteiger charge is 2.23. The van der Waals surface area contributed by atoms with Crippen LogP contribution >= 0.6 is 11.3 Å². The number of nitrogens with zero attached hydrogens (tertiary/aromatic N) is 3. The van der Waals surface area contributed by atoms with E-state index in [4.69, 9.17) is 23.8 Å². The van der Waals surface area contributed by atoms with Crippen LogP contribution in [-0.2, 0) is 0 Å². The monoisotopic (exact) mass is 671 g/mol. The summed E-state index contributed by atoms with van der Waals surface area (Å²) in [6.45, 7) is 0. The molecule has 0 N–H and O–H groups in total. The second kappa shape index (κ2) is 10.9. The molecular weight excluding hydrogens is 647 g/mol. The fourth-order valence-corrected chi connectivity index (χ4v) is 8.62. The summed E-state index contributed by atoms with van der Waals surface area (Å²) in [5.74, 6) is 1.64. The zero-order chi connectivity index (χ0) is 33.5. The maximum atomic E-state index is 6.77. The van der Waals surface area contributed by atoms with Crippen molar-refractivity contribution in [1.82, 2.24) is 15.0 Å². The van der Waals surface area contributed by atoms with Gasteiger partial charge in [-0.05, 0) is 47.5 Å². The molecule has 0 amide bonds.